The maximum Gasteiger partial charge on any atom is 0.0540 e. The lowest BCUT2D eigenvalue weighted by atomic mass is 9.86. The molecular formula is C82H81N3. The second-order valence-electron chi connectivity index (χ2n) is 29.2. The minimum Gasteiger partial charge on any atom is -0.310 e. The number of anilines is 9. The molecule has 3 nitrogen and oxygen atoms in total. The van der Waals surface area contributed by atoms with Crippen molar-refractivity contribution in [1.82, 2.24) is 0 Å². The standard InChI is InChI=1S/C82H81N3/c1-78(2,3)56-24-34-61(35-25-56)83(62-36-26-57(27-37-62)79(4,5)6)70-48-20-52-18-46-68-72(50-22-54-16-44-66(70)74(52)76(54)68)85(65-42-32-60(33-43-65)82(13,14)15)73-51-23-55-17-45-67-71(49-21-53-19-47-69(73)77(55)75(53)67)84(63-38-28-58(29-39-63)80(7,8)9)64-40-30-59(31-41-64)81(10,11)12/h16-51H,1-15H3. The summed E-state index contributed by atoms with van der Waals surface area (Å²) in [5.41, 5.74) is 17.0. The van der Waals surface area contributed by atoms with Crippen LogP contribution < -0.4 is 14.7 Å². The van der Waals surface area contributed by atoms with E-state index in [2.05, 4.69) is 337 Å². The lowest BCUT2D eigenvalue weighted by Crippen LogP contribution is -2.15. The van der Waals surface area contributed by atoms with Crippen molar-refractivity contribution in [2.24, 2.45) is 0 Å². The van der Waals surface area contributed by atoms with Gasteiger partial charge in [0.25, 0.3) is 0 Å². The van der Waals surface area contributed by atoms with Gasteiger partial charge in [-0.1, -0.05) is 237 Å². The Labute approximate surface area is 504 Å². The minimum absolute atomic E-state index is 0.00689. The van der Waals surface area contributed by atoms with Crippen LogP contribution in [0.1, 0.15) is 132 Å². The molecule has 0 saturated heterocycles. The molecular weight excluding hydrogens is 1030 g/mol. The van der Waals surface area contributed by atoms with Gasteiger partial charge in [0.2, 0.25) is 0 Å². The monoisotopic (exact) mass is 1110 g/mol. The van der Waals surface area contributed by atoms with E-state index in [1.165, 1.54) is 92.5 Å². The maximum atomic E-state index is 2.55. The van der Waals surface area contributed by atoms with E-state index in [0.29, 0.717) is 0 Å². The molecule has 3 heteroatoms. The Kier molecular flexibility index (Phi) is 13.1. The molecule has 0 spiro atoms. The van der Waals surface area contributed by atoms with E-state index in [1.54, 1.807) is 0 Å². The second-order valence-corrected chi connectivity index (χ2v) is 29.2. The Balaban J connectivity index is 1.03. The summed E-state index contributed by atoms with van der Waals surface area (Å²) in [5.74, 6) is 0. The van der Waals surface area contributed by atoms with Gasteiger partial charge in [0.05, 0.1) is 22.7 Å². The topological polar surface area (TPSA) is 9.72 Å². The summed E-state index contributed by atoms with van der Waals surface area (Å²) in [6, 6.07) is 83.9. The Morgan fingerprint density at radius 1 is 0.176 bits per heavy atom. The molecule has 0 unspecified atom stereocenters. The number of hydrogen-bond acceptors (Lipinski definition) is 3. The minimum atomic E-state index is -0.00689. The fourth-order valence-corrected chi connectivity index (χ4v) is 13.1. The van der Waals surface area contributed by atoms with E-state index in [0.717, 1.165) is 51.2 Å². The largest absolute Gasteiger partial charge is 0.310 e. The summed E-state index contributed by atoms with van der Waals surface area (Å²) >= 11 is 0. The van der Waals surface area contributed by atoms with Crippen molar-refractivity contribution in [3.8, 4) is 0 Å². The Morgan fingerprint density at radius 2 is 0.341 bits per heavy atom. The number of rotatable bonds is 9. The summed E-state index contributed by atoms with van der Waals surface area (Å²) in [7, 11) is 0. The molecule has 0 aliphatic heterocycles. The molecule has 424 valence electrons. The van der Waals surface area contributed by atoms with Crippen molar-refractivity contribution in [2.45, 2.75) is 131 Å². The van der Waals surface area contributed by atoms with E-state index in [9.17, 15) is 0 Å². The van der Waals surface area contributed by atoms with Crippen molar-refractivity contribution in [2.75, 3.05) is 14.7 Å². The molecule has 0 fully saturated rings. The van der Waals surface area contributed by atoms with Crippen molar-refractivity contribution in [3.05, 3.63) is 246 Å². The summed E-state index contributed by atoms with van der Waals surface area (Å²) < 4.78 is 0. The number of benzene rings is 13. The van der Waals surface area contributed by atoms with Gasteiger partial charge in [0, 0.05) is 50.0 Å². The van der Waals surface area contributed by atoms with E-state index >= 15 is 0 Å². The SMILES string of the molecule is CC(C)(C)c1ccc(N(c2ccc(C(C)(C)C)cc2)c2ccc3ccc4c(N(c5ccc(C(C)(C)C)cc5)c5ccc6ccc7c(N(c8ccc(C(C)(C)C)cc8)c8ccc(C(C)(C)C)cc8)ccc8ccc5c6c87)ccc5ccc2c3c54)cc1. The molecule has 0 radical (unpaired) electrons. The van der Waals surface area contributed by atoms with Gasteiger partial charge >= 0.3 is 0 Å². The quantitative estimate of drug-likeness (QED) is 0.133. The van der Waals surface area contributed by atoms with Crippen molar-refractivity contribution in [3.63, 3.8) is 0 Å². The highest BCUT2D eigenvalue weighted by atomic mass is 15.2. The first-order valence-corrected chi connectivity index (χ1v) is 30.7. The summed E-state index contributed by atoms with van der Waals surface area (Å²) in [5, 5.41) is 14.8. The van der Waals surface area contributed by atoms with Crippen LogP contribution in [-0.4, -0.2) is 0 Å². The zero-order valence-corrected chi connectivity index (χ0v) is 52.6. The fraction of sp³-hybridized carbons (Fsp3) is 0.244. The molecule has 0 atom stereocenters. The highest BCUT2D eigenvalue weighted by Crippen LogP contribution is 2.52. The molecule has 0 saturated carbocycles. The van der Waals surface area contributed by atoms with Crippen molar-refractivity contribution in [1.29, 1.82) is 0 Å². The van der Waals surface area contributed by atoms with Crippen LogP contribution in [0.5, 0.6) is 0 Å². The normalized spacial score (nSPS) is 12.9. The molecule has 0 aliphatic carbocycles. The third-order valence-corrected chi connectivity index (χ3v) is 18.2. The summed E-state index contributed by atoms with van der Waals surface area (Å²) in [6.07, 6.45) is 0. The van der Waals surface area contributed by atoms with Crippen LogP contribution in [0.2, 0.25) is 0 Å². The number of nitrogens with zero attached hydrogens (tertiary/aromatic N) is 3. The first-order valence-electron chi connectivity index (χ1n) is 30.7. The Morgan fingerprint density at radius 3 is 0.529 bits per heavy atom. The van der Waals surface area contributed by atoms with Gasteiger partial charge in [-0.25, -0.2) is 0 Å². The van der Waals surface area contributed by atoms with Crippen LogP contribution in [-0.2, 0) is 27.1 Å². The molecule has 0 aliphatic rings. The van der Waals surface area contributed by atoms with Crippen LogP contribution in [0, 0.1) is 0 Å². The van der Waals surface area contributed by atoms with Crippen molar-refractivity contribution < 1.29 is 0 Å². The van der Waals surface area contributed by atoms with E-state index in [1.807, 2.05) is 0 Å². The van der Waals surface area contributed by atoms with Gasteiger partial charge in [-0.05, 0) is 183 Å². The van der Waals surface area contributed by atoms with Gasteiger partial charge in [0.1, 0.15) is 0 Å². The zero-order chi connectivity index (χ0) is 59.7. The molecule has 0 N–H and O–H groups in total. The van der Waals surface area contributed by atoms with Gasteiger partial charge in [0.15, 0.2) is 0 Å². The maximum absolute atomic E-state index is 2.55. The van der Waals surface area contributed by atoms with Crippen LogP contribution in [0.15, 0.2) is 218 Å². The zero-order valence-electron chi connectivity index (χ0n) is 52.6. The highest BCUT2D eigenvalue weighted by Gasteiger charge is 2.28. The Bertz CT molecular complexity index is 4220. The third kappa shape index (κ3) is 9.80. The molecule has 0 amide bonds. The predicted molar refractivity (Wildman–Crippen MR) is 371 cm³/mol. The first kappa shape index (κ1) is 55.5. The lowest BCUT2D eigenvalue weighted by molar-refractivity contribution is 0.590. The van der Waals surface area contributed by atoms with E-state index in [4.69, 9.17) is 0 Å². The average molecular weight is 1110 g/mol. The van der Waals surface area contributed by atoms with Crippen LogP contribution in [0.3, 0.4) is 0 Å². The fourth-order valence-electron chi connectivity index (χ4n) is 13.1. The molecule has 0 heterocycles. The van der Waals surface area contributed by atoms with Crippen molar-refractivity contribution >= 4 is 116 Å². The second kappa shape index (κ2) is 20.0. The number of hydrogen-bond donors (Lipinski definition) is 0. The molecule has 13 aromatic rings. The molecule has 13 rings (SSSR count). The van der Waals surface area contributed by atoms with Gasteiger partial charge < -0.3 is 14.7 Å². The van der Waals surface area contributed by atoms with Gasteiger partial charge in [-0.2, -0.15) is 0 Å². The van der Waals surface area contributed by atoms with Crippen LogP contribution >= 0.6 is 0 Å². The average Bonchev–Trinajstić information content (AvgIpc) is 0.840. The van der Waals surface area contributed by atoms with Gasteiger partial charge in [-0.15, -0.1) is 0 Å². The van der Waals surface area contributed by atoms with Crippen LogP contribution in [0.25, 0.3) is 64.6 Å². The first-order chi connectivity index (χ1) is 40.3. The molecule has 13 aromatic carbocycles. The molecule has 85 heavy (non-hydrogen) atoms. The van der Waals surface area contributed by atoms with E-state index < -0.39 is 0 Å². The highest BCUT2D eigenvalue weighted by molar-refractivity contribution is 6.30. The molecule has 0 bridgehead atoms. The third-order valence-electron chi connectivity index (χ3n) is 18.2. The predicted octanol–water partition coefficient (Wildman–Crippen LogP) is 24.4. The molecule has 0 aromatic heterocycles. The summed E-state index contributed by atoms with van der Waals surface area (Å²) in [4.78, 5) is 7.48. The van der Waals surface area contributed by atoms with E-state index in [-0.39, 0.29) is 27.1 Å². The smallest absolute Gasteiger partial charge is 0.0540 e. The van der Waals surface area contributed by atoms with Gasteiger partial charge in [-0.3, -0.25) is 0 Å². The van der Waals surface area contributed by atoms with Crippen LogP contribution in [0.4, 0.5) is 51.2 Å². The Hall–Kier alpha value is -8.66. The summed E-state index contributed by atoms with van der Waals surface area (Å²) in [6.45, 7) is 34.4. The lowest BCUT2D eigenvalue weighted by Gasteiger charge is -2.31.